The van der Waals surface area contributed by atoms with Crippen LogP contribution in [0.25, 0.3) is 11.0 Å². The van der Waals surface area contributed by atoms with Crippen LogP contribution in [0.5, 0.6) is 5.75 Å². The second kappa shape index (κ2) is 10.4. The quantitative estimate of drug-likeness (QED) is 0.371. The van der Waals surface area contributed by atoms with Gasteiger partial charge in [-0.05, 0) is 36.8 Å². The summed E-state index contributed by atoms with van der Waals surface area (Å²) < 4.78 is 11.0. The fourth-order valence-electron chi connectivity index (χ4n) is 3.56. The predicted molar refractivity (Wildman–Crippen MR) is 125 cm³/mol. The van der Waals surface area contributed by atoms with Gasteiger partial charge in [-0.1, -0.05) is 29.3 Å². The molecule has 0 N–H and O–H groups in total. The van der Waals surface area contributed by atoms with E-state index in [2.05, 4.69) is 9.80 Å². The van der Waals surface area contributed by atoms with Crippen LogP contribution in [0.3, 0.4) is 0 Å². The summed E-state index contributed by atoms with van der Waals surface area (Å²) in [5.74, 6) is 0.715. The molecule has 0 aliphatic carbocycles. The Kier molecular flexibility index (Phi) is 7.89. The summed E-state index contributed by atoms with van der Waals surface area (Å²) in [5, 5.41) is 2.11. The van der Waals surface area contributed by atoms with Gasteiger partial charge in [0.2, 0.25) is 0 Å². The molecule has 4 rings (SSSR count). The molecule has 1 aromatic heterocycles. The molecule has 1 aliphatic heterocycles. The van der Waals surface area contributed by atoms with Crippen molar-refractivity contribution in [2.45, 2.75) is 6.42 Å². The maximum Gasteiger partial charge on any atom is 0.336 e. The smallest absolute Gasteiger partial charge is 0.336 e. The second-order valence-electron chi connectivity index (χ2n) is 7.06. The van der Waals surface area contributed by atoms with E-state index in [4.69, 9.17) is 32.4 Å². The van der Waals surface area contributed by atoms with Crippen LogP contribution in [-0.2, 0) is 0 Å². The number of hydrogen-bond donors (Lipinski definition) is 0. The minimum Gasteiger partial charge on any atom is -0.493 e. The Balaban J connectivity index is 0.00000256. The summed E-state index contributed by atoms with van der Waals surface area (Å²) in [7, 11) is 0. The molecule has 2 heterocycles. The molecule has 0 radical (unpaired) electrons. The molecular weight excluding hydrogens is 447 g/mol. The molecule has 0 bridgehead atoms. The van der Waals surface area contributed by atoms with Gasteiger partial charge in [0.15, 0.2) is 0 Å². The van der Waals surface area contributed by atoms with Gasteiger partial charge in [0.05, 0.1) is 22.3 Å². The summed E-state index contributed by atoms with van der Waals surface area (Å²) in [5.41, 5.74) is 1.20. The fraction of sp³-hybridized carbons (Fsp3) is 0.318. The van der Waals surface area contributed by atoms with Crippen molar-refractivity contribution in [1.29, 1.82) is 0 Å². The number of halogens is 3. The van der Waals surface area contributed by atoms with Crippen molar-refractivity contribution >= 4 is 52.3 Å². The molecule has 5 nitrogen and oxygen atoms in total. The van der Waals surface area contributed by atoms with Crippen molar-refractivity contribution in [3.05, 3.63) is 69.0 Å². The maximum absolute atomic E-state index is 11.3. The molecule has 0 spiro atoms. The largest absolute Gasteiger partial charge is 0.493 e. The van der Waals surface area contributed by atoms with E-state index in [9.17, 15) is 4.79 Å². The first-order chi connectivity index (χ1) is 14.1. The average molecular weight is 470 g/mol. The number of nitrogens with zero attached hydrogens (tertiary/aromatic N) is 2. The summed E-state index contributed by atoms with van der Waals surface area (Å²) in [6.45, 7) is 5.38. The van der Waals surface area contributed by atoms with Crippen LogP contribution in [0.15, 0.2) is 57.7 Å². The topological polar surface area (TPSA) is 45.9 Å². The summed E-state index contributed by atoms with van der Waals surface area (Å²) in [6.07, 6.45) is 0.925. The van der Waals surface area contributed by atoms with Gasteiger partial charge in [-0.25, -0.2) is 4.79 Å². The monoisotopic (exact) mass is 468 g/mol. The zero-order chi connectivity index (χ0) is 20.2. The highest BCUT2D eigenvalue weighted by molar-refractivity contribution is 6.43. The zero-order valence-corrected chi connectivity index (χ0v) is 18.7. The van der Waals surface area contributed by atoms with Gasteiger partial charge >= 0.3 is 5.63 Å². The van der Waals surface area contributed by atoms with Crippen LogP contribution in [0, 0.1) is 0 Å². The molecule has 1 fully saturated rings. The van der Waals surface area contributed by atoms with Crippen LogP contribution < -0.4 is 15.3 Å². The van der Waals surface area contributed by atoms with Crippen LogP contribution >= 0.6 is 35.6 Å². The summed E-state index contributed by atoms with van der Waals surface area (Å²) >= 11 is 12.5. The van der Waals surface area contributed by atoms with Crippen molar-refractivity contribution in [3.8, 4) is 5.75 Å². The summed E-state index contributed by atoms with van der Waals surface area (Å²) in [4.78, 5) is 16.1. The van der Waals surface area contributed by atoms with Crippen LogP contribution in [-0.4, -0.2) is 44.2 Å². The van der Waals surface area contributed by atoms with Crippen molar-refractivity contribution < 1.29 is 9.15 Å². The third kappa shape index (κ3) is 5.41. The fourth-order valence-corrected chi connectivity index (χ4v) is 3.97. The highest BCUT2D eigenvalue weighted by Gasteiger charge is 2.19. The van der Waals surface area contributed by atoms with Gasteiger partial charge in [0.25, 0.3) is 0 Å². The molecule has 2 aromatic carbocycles. The lowest BCUT2D eigenvalue weighted by Gasteiger charge is -2.36. The van der Waals surface area contributed by atoms with E-state index in [-0.39, 0.29) is 18.0 Å². The van der Waals surface area contributed by atoms with Gasteiger partial charge < -0.3 is 14.1 Å². The standard InChI is InChI=1S/C22H22Cl2N2O3.ClH/c23-18-3-1-4-19(22(18)24)26-12-10-25(11-13-26)9-2-14-28-17-7-5-16-6-8-21(27)29-20(16)15-17;/h1,3-8,15H,2,9-14H2;1H. The van der Waals surface area contributed by atoms with Crippen molar-refractivity contribution in [1.82, 2.24) is 4.90 Å². The number of hydrogen-bond acceptors (Lipinski definition) is 5. The second-order valence-corrected chi connectivity index (χ2v) is 7.84. The number of ether oxygens (including phenoxy) is 1. The van der Waals surface area contributed by atoms with Gasteiger partial charge in [0.1, 0.15) is 11.3 Å². The van der Waals surface area contributed by atoms with E-state index < -0.39 is 0 Å². The Morgan fingerprint density at radius 3 is 2.57 bits per heavy atom. The molecule has 0 atom stereocenters. The molecule has 30 heavy (non-hydrogen) atoms. The molecule has 1 saturated heterocycles. The Hall–Kier alpha value is -1.92. The Labute approximate surface area is 191 Å². The Morgan fingerprint density at radius 2 is 1.77 bits per heavy atom. The summed E-state index contributed by atoms with van der Waals surface area (Å²) in [6, 6.07) is 14.5. The van der Waals surface area contributed by atoms with Crippen LogP contribution in [0.2, 0.25) is 10.0 Å². The Bertz CT molecular complexity index is 1050. The van der Waals surface area contributed by atoms with Crippen LogP contribution in [0.1, 0.15) is 6.42 Å². The van der Waals surface area contributed by atoms with E-state index in [0.717, 1.165) is 50.2 Å². The van der Waals surface area contributed by atoms with Crippen LogP contribution in [0.4, 0.5) is 5.69 Å². The zero-order valence-electron chi connectivity index (χ0n) is 16.4. The normalized spacial score (nSPS) is 14.5. The minimum atomic E-state index is -0.354. The molecular formula is C22H23Cl3N2O3. The third-order valence-electron chi connectivity index (χ3n) is 5.13. The van der Waals surface area contributed by atoms with E-state index >= 15 is 0 Å². The first-order valence-corrected chi connectivity index (χ1v) is 10.4. The lowest BCUT2D eigenvalue weighted by molar-refractivity contribution is 0.225. The lowest BCUT2D eigenvalue weighted by atomic mass is 10.2. The van der Waals surface area contributed by atoms with E-state index in [1.807, 2.05) is 30.3 Å². The van der Waals surface area contributed by atoms with E-state index in [1.165, 1.54) is 6.07 Å². The number of piperazine rings is 1. The maximum atomic E-state index is 11.3. The average Bonchev–Trinajstić information content (AvgIpc) is 2.73. The van der Waals surface area contributed by atoms with Gasteiger partial charge in [-0.3, -0.25) is 4.90 Å². The third-order valence-corrected chi connectivity index (χ3v) is 5.94. The highest BCUT2D eigenvalue weighted by atomic mass is 35.5. The molecule has 8 heteroatoms. The number of fused-ring (bicyclic) bond motifs is 1. The van der Waals surface area contributed by atoms with E-state index in [1.54, 1.807) is 12.1 Å². The van der Waals surface area contributed by atoms with E-state index in [0.29, 0.717) is 28.0 Å². The highest BCUT2D eigenvalue weighted by Crippen LogP contribution is 2.32. The molecule has 0 unspecified atom stereocenters. The molecule has 1 aliphatic rings. The molecule has 0 amide bonds. The Morgan fingerprint density at radius 1 is 1.00 bits per heavy atom. The number of benzene rings is 2. The van der Waals surface area contributed by atoms with Crippen molar-refractivity contribution in [3.63, 3.8) is 0 Å². The molecule has 3 aromatic rings. The van der Waals surface area contributed by atoms with Gasteiger partial charge in [-0.2, -0.15) is 0 Å². The lowest BCUT2D eigenvalue weighted by Crippen LogP contribution is -2.46. The first-order valence-electron chi connectivity index (χ1n) is 9.68. The SMILES string of the molecule is Cl.O=c1ccc2ccc(OCCCN3CCN(c4cccc(Cl)c4Cl)CC3)cc2o1. The van der Waals surface area contributed by atoms with Crippen molar-refractivity contribution in [2.75, 3.05) is 44.2 Å². The predicted octanol–water partition coefficient (Wildman–Crippen LogP) is 5.11. The van der Waals surface area contributed by atoms with Gasteiger partial charge in [0, 0.05) is 50.2 Å². The van der Waals surface area contributed by atoms with Gasteiger partial charge in [-0.15, -0.1) is 12.4 Å². The molecule has 0 saturated carbocycles. The first kappa shape index (κ1) is 22.8. The molecule has 160 valence electrons. The minimum absolute atomic E-state index is 0. The number of anilines is 1. The van der Waals surface area contributed by atoms with Crippen molar-refractivity contribution in [2.24, 2.45) is 0 Å². The number of rotatable bonds is 6.